The van der Waals surface area contributed by atoms with Gasteiger partial charge in [0.1, 0.15) is 11.9 Å². The predicted octanol–water partition coefficient (Wildman–Crippen LogP) is 4.15. The Hall–Kier alpha value is -1.55. The Morgan fingerprint density at radius 3 is 2.33 bits per heavy atom. The Balaban J connectivity index is 0.00000288. The molecule has 2 aromatic rings. The monoisotopic (exact) mass is 349 g/mol. The van der Waals surface area contributed by atoms with Crippen molar-refractivity contribution in [1.82, 2.24) is 5.32 Å². The van der Waals surface area contributed by atoms with Crippen molar-refractivity contribution in [1.29, 1.82) is 0 Å². The highest BCUT2D eigenvalue weighted by atomic mass is 35.5. The SMILES string of the molecule is CNCCC(Oc1ccc(CCCCO)cc1)c1ccccc1.Cl. The minimum atomic E-state index is 0. The molecule has 0 spiro atoms. The molecule has 4 heteroatoms. The Kier molecular flexibility index (Phi) is 10.2. The molecule has 0 aromatic heterocycles. The molecule has 0 aliphatic carbocycles. The molecule has 0 aliphatic rings. The molecule has 0 amide bonds. The van der Waals surface area contributed by atoms with Crippen LogP contribution in [0.5, 0.6) is 5.75 Å². The van der Waals surface area contributed by atoms with Crippen LogP contribution in [0.1, 0.15) is 36.5 Å². The van der Waals surface area contributed by atoms with E-state index in [9.17, 15) is 0 Å². The summed E-state index contributed by atoms with van der Waals surface area (Å²) < 4.78 is 6.20. The molecule has 0 radical (unpaired) electrons. The molecular weight excluding hydrogens is 322 g/mol. The largest absolute Gasteiger partial charge is 0.486 e. The lowest BCUT2D eigenvalue weighted by atomic mass is 10.1. The highest BCUT2D eigenvalue weighted by Gasteiger charge is 2.12. The molecule has 3 nitrogen and oxygen atoms in total. The molecule has 132 valence electrons. The lowest BCUT2D eigenvalue weighted by Crippen LogP contribution is -2.16. The number of hydrogen-bond acceptors (Lipinski definition) is 3. The van der Waals surface area contributed by atoms with E-state index in [1.165, 1.54) is 11.1 Å². The molecule has 0 heterocycles. The van der Waals surface area contributed by atoms with E-state index in [1.807, 2.05) is 25.2 Å². The van der Waals surface area contributed by atoms with Gasteiger partial charge in [0.25, 0.3) is 0 Å². The Labute approximate surface area is 151 Å². The topological polar surface area (TPSA) is 41.5 Å². The zero-order valence-electron chi connectivity index (χ0n) is 14.3. The van der Waals surface area contributed by atoms with Crippen LogP contribution >= 0.6 is 12.4 Å². The van der Waals surface area contributed by atoms with Crippen LogP contribution in [0.4, 0.5) is 0 Å². The van der Waals surface area contributed by atoms with Crippen LogP contribution in [0, 0.1) is 0 Å². The summed E-state index contributed by atoms with van der Waals surface area (Å²) in [4.78, 5) is 0. The molecule has 0 fully saturated rings. The highest BCUT2D eigenvalue weighted by molar-refractivity contribution is 5.85. The molecule has 0 bridgehead atoms. The van der Waals surface area contributed by atoms with Gasteiger partial charge in [-0.05, 0) is 56.1 Å². The predicted molar refractivity (Wildman–Crippen MR) is 102 cm³/mol. The van der Waals surface area contributed by atoms with Gasteiger partial charge < -0.3 is 15.2 Å². The van der Waals surface area contributed by atoms with E-state index in [-0.39, 0.29) is 25.1 Å². The van der Waals surface area contributed by atoms with Crippen molar-refractivity contribution in [2.45, 2.75) is 31.8 Å². The zero-order chi connectivity index (χ0) is 16.3. The number of aryl methyl sites for hydroxylation is 1. The lowest BCUT2D eigenvalue weighted by Gasteiger charge is -2.20. The Bertz CT molecular complexity index is 545. The fourth-order valence-electron chi connectivity index (χ4n) is 2.58. The normalized spacial score (nSPS) is 11.6. The molecule has 2 N–H and O–H groups in total. The summed E-state index contributed by atoms with van der Waals surface area (Å²) in [5, 5.41) is 12.0. The van der Waals surface area contributed by atoms with Crippen LogP contribution in [-0.2, 0) is 6.42 Å². The van der Waals surface area contributed by atoms with E-state index >= 15 is 0 Å². The maximum Gasteiger partial charge on any atom is 0.125 e. The number of rotatable bonds is 10. The van der Waals surface area contributed by atoms with Gasteiger partial charge in [-0.25, -0.2) is 0 Å². The summed E-state index contributed by atoms with van der Waals surface area (Å²) in [7, 11) is 1.96. The lowest BCUT2D eigenvalue weighted by molar-refractivity contribution is 0.195. The number of halogens is 1. The summed E-state index contributed by atoms with van der Waals surface area (Å²) in [6, 6.07) is 18.7. The van der Waals surface area contributed by atoms with Crippen LogP contribution in [-0.4, -0.2) is 25.3 Å². The van der Waals surface area contributed by atoms with Crippen molar-refractivity contribution in [3.05, 3.63) is 65.7 Å². The summed E-state index contributed by atoms with van der Waals surface area (Å²) in [5.74, 6) is 0.904. The average molecular weight is 350 g/mol. The maximum atomic E-state index is 8.84. The van der Waals surface area contributed by atoms with Gasteiger partial charge in [0.2, 0.25) is 0 Å². The van der Waals surface area contributed by atoms with Crippen molar-refractivity contribution >= 4 is 12.4 Å². The van der Waals surface area contributed by atoms with E-state index in [0.29, 0.717) is 0 Å². The highest BCUT2D eigenvalue weighted by Crippen LogP contribution is 2.25. The summed E-state index contributed by atoms with van der Waals surface area (Å²) in [6.45, 7) is 1.18. The summed E-state index contributed by atoms with van der Waals surface area (Å²) in [5.41, 5.74) is 2.49. The van der Waals surface area contributed by atoms with Crippen molar-refractivity contribution in [3.8, 4) is 5.75 Å². The summed E-state index contributed by atoms with van der Waals surface area (Å²) in [6.07, 6.45) is 3.87. The maximum absolute atomic E-state index is 8.84. The van der Waals surface area contributed by atoms with E-state index in [4.69, 9.17) is 9.84 Å². The molecule has 2 aromatic carbocycles. The van der Waals surface area contributed by atoms with Gasteiger partial charge in [-0.15, -0.1) is 12.4 Å². The van der Waals surface area contributed by atoms with Gasteiger partial charge >= 0.3 is 0 Å². The number of benzene rings is 2. The number of aliphatic hydroxyl groups excluding tert-OH is 1. The van der Waals surface area contributed by atoms with Crippen LogP contribution in [0.15, 0.2) is 54.6 Å². The quantitative estimate of drug-likeness (QED) is 0.633. The van der Waals surface area contributed by atoms with Crippen LogP contribution < -0.4 is 10.1 Å². The number of unbranched alkanes of at least 4 members (excludes halogenated alkanes) is 1. The molecular formula is C20H28ClNO2. The summed E-state index contributed by atoms with van der Waals surface area (Å²) >= 11 is 0. The third kappa shape index (κ3) is 6.91. The molecule has 0 aliphatic heterocycles. The van der Waals surface area contributed by atoms with Gasteiger partial charge in [0, 0.05) is 13.0 Å². The van der Waals surface area contributed by atoms with Crippen molar-refractivity contribution in [2.75, 3.05) is 20.2 Å². The zero-order valence-corrected chi connectivity index (χ0v) is 15.1. The number of hydrogen-bond donors (Lipinski definition) is 2. The standard InChI is InChI=1S/C20H27NO2.ClH/c1-21-15-14-20(18-8-3-2-4-9-18)23-19-12-10-17(11-13-19)7-5-6-16-22;/h2-4,8-13,20-22H,5-7,14-16H2,1H3;1H. The van der Waals surface area contributed by atoms with Gasteiger partial charge in [0.05, 0.1) is 0 Å². The van der Waals surface area contributed by atoms with E-state index in [1.54, 1.807) is 0 Å². The van der Waals surface area contributed by atoms with Crippen LogP contribution in [0.2, 0.25) is 0 Å². The minimum absolute atomic E-state index is 0. The second kappa shape index (κ2) is 11.9. The minimum Gasteiger partial charge on any atom is -0.486 e. The first-order chi connectivity index (χ1) is 11.3. The molecule has 1 unspecified atom stereocenters. The van der Waals surface area contributed by atoms with Crippen LogP contribution in [0.25, 0.3) is 0 Å². The van der Waals surface area contributed by atoms with Crippen molar-refractivity contribution in [3.63, 3.8) is 0 Å². The van der Waals surface area contributed by atoms with Gasteiger partial charge in [-0.2, -0.15) is 0 Å². The third-order valence-electron chi connectivity index (χ3n) is 3.90. The molecule has 24 heavy (non-hydrogen) atoms. The smallest absolute Gasteiger partial charge is 0.125 e. The Morgan fingerprint density at radius 1 is 1.00 bits per heavy atom. The fourth-order valence-corrected chi connectivity index (χ4v) is 2.58. The second-order valence-electron chi connectivity index (χ2n) is 5.73. The molecule has 0 saturated carbocycles. The van der Waals surface area contributed by atoms with E-state index in [0.717, 1.165) is 38.0 Å². The number of ether oxygens (including phenoxy) is 1. The van der Waals surface area contributed by atoms with Crippen molar-refractivity contribution < 1.29 is 9.84 Å². The Morgan fingerprint density at radius 2 is 1.71 bits per heavy atom. The first kappa shape index (κ1) is 20.5. The fraction of sp³-hybridized carbons (Fsp3) is 0.400. The van der Waals surface area contributed by atoms with E-state index < -0.39 is 0 Å². The first-order valence-electron chi connectivity index (χ1n) is 8.39. The number of aliphatic hydroxyl groups is 1. The van der Waals surface area contributed by atoms with Crippen LogP contribution in [0.3, 0.4) is 0 Å². The van der Waals surface area contributed by atoms with Crippen molar-refractivity contribution in [2.24, 2.45) is 0 Å². The second-order valence-corrected chi connectivity index (χ2v) is 5.73. The van der Waals surface area contributed by atoms with Gasteiger partial charge in [0.15, 0.2) is 0 Å². The average Bonchev–Trinajstić information content (AvgIpc) is 2.61. The molecule has 2 rings (SSSR count). The molecule has 1 atom stereocenters. The number of nitrogens with one attached hydrogen (secondary N) is 1. The van der Waals surface area contributed by atoms with Gasteiger partial charge in [-0.1, -0.05) is 42.5 Å². The third-order valence-corrected chi connectivity index (χ3v) is 3.90. The van der Waals surface area contributed by atoms with Gasteiger partial charge in [-0.3, -0.25) is 0 Å². The first-order valence-corrected chi connectivity index (χ1v) is 8.39. The molecule has 0 saturated heterocycles. The van der Waals surface area contributed by atoms with E-state index in [2.05, 4.69) is 41.7 Å².